The number of halogens is 1. The second kappa shape index (κ2) is 4.77. The molecule has 0 spiro atoms. The van der Waals surface area contributed by atoms with Gasteiger partial charge in [0, 0.05) is 16.5 Å². The quantitative estimate of drug-likeness (QED) is 0.769. The topological polar surface area (TPSA) is 20.3 Å². The van der Waals surface area contributed by atoms with Gasteiger partial charge in [0.1, 0.15) is 0 Å². The summed E-state index contributed by atoms with van der Waals surface area (Å²) < 4.78 is 1.11. The minimum atomic E-state index is 0.0871. The Bertz CT molecular complexity index is 336. The molecule has 0 N–H and O–H groups in total. The van der Waals surface area contributed by atoms with Gasteiger partial charge >= 0.3 is 0 Å². The number of hydrogen-bond donors (Lipinski definition) is 0. The van der Waals surface area contributed by atoms with Crippen molar-refractivity contribution in [1.82, 2.24) is 0 Å². The van der Waals surface area contributed by atoms with E-state index < -0.39 is 0 Å². The van der Waals surface area contributed by atoms with Gasteiger partial charge in [-0.05, 0) is 48.6 Å². The summed E-state index contributed by atoms with van der Waals surface area (Å²) in [6.45, 7) is 5.64. The lowest BCUT2D eigenvalue weighted by atomic mass is 10.2. The molecular formula is C11H14INO. The van der Waals surface area contributed by atoms with Crippen molar-refractivity contribution >= 4 is 34.2 Å². The molecule has 0 aliphatic carbocycles. The molecule has 0 saturated heterocycles. The minimum absolute atomic E-state index is 0.0871. The second-order valence-corrected chi connectivity index (χ2v) is 4.60. The molecule has 0 fully saturated rings. The molecule has 1 amide bonds. The van der Waals surface area contributed by atoms with E-state index in [9.17, 15) is 4.79 Å². The zero-order valence-corrected chi connectivity index (χ0v) is 10.8. The average Bonchev–Trinajstić information content (AvgIpc) is 2.07. The fourth-order valence-corrected chi connectivity index (χ4v) is 2.11. The predicted molar refractivity (Wildman–Crippen MR) is 67.5 cm³/mol. The van der Waals surface area contributed by atoms with Gasteiger partial charge in [0.2, 0.25) is 5.91 Å². The Balaban J connectivity index is 3.12. The fourth-order valence-electron chi connectivity index (χ4n) is 1.46. The minimum Gasteiger partial charge on any atom is -0.309 e. The Kier molecular flexibility index (Phi) is 3.92. The number of anilines is 1. The van der Waals surface area contributed by atoms with Crippen molar-refractivity contribution < 1.29 is 4.79 Å². The molecule has 1 aromatic carbocycles. The molecule has 14 heavy (non-hydrogen) atoms. The first kappa shape index (κ1) is 11.5. The smallest absolute Gasteiger partial charge is 0.224 e. The number of para-hydroxylation sites is 1. The van der Waals surface area contributed by atoms with Gasteiger partial charge in [-0.2, -0.15) is 0 Å². The summed E-state index contributed by atoms with van der Waals surface area (Å²) in [5.41, 5.74) is 0.996. The maximum absolute atomic E-state index is 11.5. The van der Waals surface area contributed by atoms with Crippen molar-refractivity contribution in [1.29, 1.82) is 0 Å². The van der Waals surface area contributed by atoms with E-state index in [1.54, 1.807) is 6.92 Å². The summed E-state index contributed by atoms with van der Waals surface area (Å²) in [5, 5.41) is 0. The van der Waals surface area contributed by atoms with E-state index in [0.29, 0.717) is 0 Å². The number of amides is 1. The summed E-state index contributed by atoms with van der Waals surface area (Å²) in [7, 11) is 0. The van der Waals surface area contributed by atoms with E-state index in [4.69, 9.17) is 0 Å². The van der Waals surface area contributed by atoms with E-state index in [1.807, 2.05) is 43.0 Å². The molecule has 1 aromatic rings. The van der Waals surface area contributed by atoms with Crippen LogP contribution in [0.1, 0.15) is 20.8 Å². The largest absolute Gasteiger partial charge is 0.309 e. The summed E-state index contributed by atoms with van der Waals surface area (Å²) >= 11 is 2.25. The molecule has 0 aromatic heterocycles. The van der Waals surface area contributed by atoms with Crippen LogP contribution in [0.3, 0.4) is 0 Å². The van der Waals surface area contributed by atoms with Gasteiger partial charge in [0.25, 0.3) is 0 Å². The molecule has 2 nitrogen and oxygen atoms in total. The van der Waals surface area contributed by atoms with Gasteiger partial charge in [-0.25, -0.2) is 0 Å². The molecule has 0 aliphatic heterocycles. The van der Waals surface area contributed by atoms with Crippen LogP contribution in [0.4, 0.5) is 5.69 Å². The second-order valence-electron chi connectivity index (χ2n) is 3.43. The van der Waals surface area contributed by atoms with Crippen molar-refractivity contribution in [3.05, 3.63) is 27.8 Å². The molecule has 0 aliphatic rings. The maximum Gasteiger partial charge on any atom is 0.224 e. The summed E-state index contributed by atoms with van der Waals surface area (Å²) in [4.78, 5) is 13.3. The predicted octanol–water partition coefficient (Wildman–Crippen LogP) is 3.05. The van der Waals surface area contributed by atoms with Gasteiger partial charge in [0.05, 0.1) is 5.69 Å². The molecule has 0 unspecified atom stereocenters. The number of benzene rings is 1. The van der Waals surface area contributed by atoms with Crippen molar-refractivity contribution in [3.63, 3.8) is 0 Å². The van der Waals surface area contributed by atoms with E-state index in [2.05, 4.69) is 22.6 Å². The molecule has 3 heteroatoms. The van der Waals surface area contributed by atoms with Gasteiger partial charge in [0.15, 0.2) is 0 Å². The molecule has 0 atom stereocenters. The molecular weight excluding hydrogens is 289 g/mol. The van der Waals surface area contributed by atoms with E-state index in [-0.39, 0.29) is 11.9 Å². The normalized spacial score (nSPS) is 10.4. The Morgan fingerprint density at radius 2 is 1.93 bits per heavy atom. The van der Waals surface area contributed by atoms with Crippen LogP contribution in [0, 0.1) is 3.57 Å². The molecule has 0 heterocycles. The lowest BCUT2D eigenvalue weighted by Crippen LogP contribution is -2.35. The highest BCUT2D eigenvalue weighted by Crippen LogP contribution is 2.23. The Labute approximate surface area is 98.4 Å². The highest BCUT2D eigenvalue weighted by atomic mass is 127. The van der Waals surface area contributed by atoms with Gasteiger partial charge in [-0.3, -0.25) is 4.79 Å². The van der Waals surface area contributed by atoms with Crippen molar-refractivity contribution in [2.24, 2.45) is 0 Å². The van der Waals surface area contributed by atoms with Gasteiger partial charge in [-0.15, -0.1) is 0 Å². The Morgan fingerprint density at radius 1 is 1.36 bits per heavy atom. The van der Waals surface area contributed by atoms with Crippen LogP contribution in [-0.2, 0) is 4.79 Å². The zero-order valence-electron chi connectivity index (χ0n) is 8.62. The zero-order chi connectivity index (χ0) is 10.7. The Morgan fingerprint density at radius 3 is 2.36 bits per heavy atom. The number of carbonyl (C=O) groups is 1. The molecule has 0 saturated carbocycles. The standard InChI is InChI=1S/C11H14INO/c1-8(2)13(9(3)14)11-7-5-4-6-10(11)12/h4-8H,1-3H3. The third kappa shape index (κ3) is 2.47. The molecule has 76 valence electrons. The monoisotopic (exact) mass is 303 g/mol. The maximum atomic E-state index is 11.5. The van der Waals surface area contributed by atoms with Crippen LogP contribution < -0.4 is 4.90 Å². The van der Waals surface area contributed by atoms with Crippen molar-refractivity contribution in [3.8, 4) is 0 Å². The molecule has 0 bridgehead atoms. The van der Waals surface area contributed by atoms with Gasteiger partial charge < -0.3 is 4.90 Å². The van der Waals surface area contributed by atoms with Crippen molar-refractivity contribution in [2.45, 2.75) is 26.8 Å². The highest BCUT2D eigenvalue weighted by molar-refractivity contribution is 14.1. The third-order valence-electron chi connectivity index (χ3n) is 1.97. The van der Waals surface area contributed by atoms with E-state index in [1.165, 1.54) is 0 Å². The summed E-state index contributed by atoms with van der Waals surface area (Å²) in [5.74, 6) is 0.0871. The third-order valence-corrected chi connectivity index (χ3v) is 2.88. The van der Waals surface area contributed by atoms with Crippen LogP contribution in [0.5, 0.6) is 0 Å². The summed E-state index contributed by atoms with van der Waals surface area (Å²) in [6.07, 6.45) is 0. The lowest BCUT2D eigenvalue weighted by molar-refractivity contribution is -0.116. The molecule has 1 rings (SSSR count). The van der Waals surface area contributed by atoms with Crippen LogP contribution >= 0.6 is 22.6 Å². The number of hydrogen-bond acceptors (Lipinski definition) is 1. The number of carbonyl (C=O) groups excluding carboxylic acids is 1. The van der Waals surface area contributed by atoms with E-state index >= 15 is 0 Å². The van der Waals surface area contributed by atoms with Gasteiger partial charge in [-0.1, -0.05) is 12.1 Å². The lowest BCUT2D eigenvalue weighted by Gasteiger charge is -2.26. The average molecular weight is 303 g/mol. The first-order valence-electron chi connectivity index (χ1n) is 4.58. The van der Waals surface area contributed by atoms with Crippen LogP contribution in [-0.4, -0.2) is 11.9 Å². The summed E-state index contributed by atoms with van der Waals surface area (Å²) in [6, 6.07) is 8.11. The van der Waals surface area contributed by atoms with E-state index in [0.717, 1.165) is 9.26 Å². The first-order chi connectivity index (χ1) is 6.54. The van der Waals surface area contributed by atoms with Crippen LogP contribution in [0.15, 0.2) is 24.3 Å². The highest BCUT2D eigenvalue weighted by Gasteiger charge is 2.16. The Hall–Kier alpha value is -0.580. The van der Waals surface area contributed by atoms with Crippen LogP contribution in [0.25, 0.3) is 0 Å². The SMILES string of the molecule is CC(=O)N(c1ccccc1I)C(C)C. The number of rotatable bonds is 2. The van der Waals surface area contributed by atoms with Crippen molar-refractivity contribution in [2.75, 3.05) is 4.90 Å². The first-order valence-corrected chi connectivity index (χ1v) is 5.66. The molecule has 0 radical (unpaired) electrons. The fraction of sp³-hybridized carbons (Fsp3) is 0.364. The number of nitrogens with zero attached hydrogens (tertiary/aromatic N) is 1. The van der Waals surface area contributed by atoms with Crippen LogP contribution in [0.2, 0.25) is 0 Å².